The smallest absolute Gasteiger partial charge is 0.305 e. The number of carboxylic acids is 1. The average Bonchev–Trinajstić information content (AvgIpc) is 2.36. The molecule has 2 rings (SSSR count). The molecule has 0 aromatic heterocycles. The summed E-state index contributed by atoms with van der Waals surface area (Å²) in [6, 6.07) is 5.12. The van der Waals surface area contributed by atoms with E-state index in [9.17, 15) is 14.4 Å². The van der Waals surface area contributed by atoms with Crippen molar-refractivity contribution in [1.82, 2.24) is 0 Å². The molecule has 100 valence electrons. The molecule has 0 aliphatic carbocycles. The first-order chi connectivity index (χ1) is 8.99. The zero-order valence-electron chi connectivity index (χ0n) is 10.4. The molecule has 0 bridgehead atoms. The van der Waals surface area contributed by atoms with Gasteiger partial charge in [-0.15, -0.1) is 11.8 Å². The van der Waals surface area contributed by atoms with Crippen molar-refractivity contribution in [2.75, 3.05) is 17.2 Å². The van der Waals surface area contributed by atoms with Gasteiger partial charge in [0, 0.05) is 17.0 Å². The molecule has 1 aromatic rings. The number of benzene rings is 1. The molecule has 6 heteroatoms. The predicted molar refractivity (Wildman–Crippen MR) is 71.8 cm³/mol. The van der Waals surface area contributed by atoms with E-state index in [1.807, 2.05) is 0 Å². The molecule has 0 saturated heterocycles. The van der Waals surface area contributed by atoms with Crippen molar-refractivity contribution in [2.45, 2.75) is 18.2 Å². The summed E-state index contributed by atoms with van der Waals surface area (Å²) in [6.45, 7) is 1.64. The summed E-state index contributed by atoms with van der Waals surface area (Å²) in [5.74, 6) is -0.798. The number of anilines is 1. The number of aliphatic carboxylic acids is 1. The van der Waals surface area contributed by atoms with Crippen molar-refractivity contribution in [3.05, 3.63) is 23.8 Å². The van der Waals surface area contributed by atoms with E-state index in [0.29, 0.717) is 11.3 Å². The van der Waals surface area contributed by atoms with Crippen LogP contribution in [0.5, 0.6) is 0 Å². The highest BCUT2D eigenvalue weighted by Gasteiger charge is 2.25. The largest absolute Gasteiger partial charge is 0.481 e. The second-order valence-corrected chi connectivity index (χ2v) is 5.23. The fourth-order valence-electron chi connectivity index (χ4n) is 1.88. The maximum Gasteiger partial charge on any atom is 0.305 e. The van der Waals surface area contributed by atoms with Gasteiger partial charge in [0.05, 0.1) is 17.9 Å². The van der Waals surface area contributed by atoms with Crippen molar-refractivity contribution in [3.8, 4) is 0 Å². The minimum atomic E-state index is -0.937. The molecule has 1 aromatic carbocycles. The molecule has 1 aliphatic heterocycles. The van der Waals surface area contributed by atoms with Crippen LogP contribution in [0.4, 0.5) is 5.69 Å². The van der Waals surface area contributed by atoms with Crippen molar-refractivity contribution in [1.29, 1.82) is 0 Å². The molecule has 1 N–H and O–H groups in total. The van der Waals surface area contributed by atoms with Gasteiger partial charge >= 0.3 is 5.97 Å². The van der Waals surface area contributed by atoms with Crippen LogP contribution in [0.3, 0.4) is 0 Å². The number of carbonyl (C=O) groups excluding carboxylic acids is 2. The Morgan fingerprint density at radius 1 is 1.42 bits per heavy atom. The number of amides is 1. The number of carboxylic acid groups (broad SMARTS) is 1. The number of ketones is 1. The molecular weight excluding hydrogens is 266 g/mol. The van der Waals surface area contributed by atoms with Gasteiger partial charge in [0.2, 0.25) is 5.91 Å². The molecule has 1 amide bonds. The number of hydrogen-bond acceptors (Lipinski definition) is 4. The van der Waals surface area contributed by atoms with E-state index in [0.717, 1.165) is 4.90 Å². The Bertz CT molecular complexity index is 556. The van der Waals surface area contributed by atoms with Crippen molar-refractivity contribution in [2.24, 2.45) is 0 Å². The molecule has 5 nitrogen and oxygen atoms in total. The van der Waals surface area contributed by atoms with Crippen LogP contribution in [-0.2, 0) is 9.59 Å². The first-order valence-corrected chi connectivity index (χ1v) is 6.77. The molecule has 0 atom stereocenters. The second kappa shape index (κ2) is 5.44. The van der Waals surface area contributed by atoms with Gasteiger partial charge in [0.25, 0.3) is 0 Å². The first kappa shape index (κ1) is 13.6. The number of carbonyl (C=O) groups is 3. The highest BCUT2D eigenvalue weighted by Crippen LogP contribution is 2.36. The number of fused-ring (bicyclic) bond motifs is 1. The first-order valence-electron chi connectivity index (χ1n) is 5.79. The molecule has 0 saturated carbocycles. The lowest BCUT2D eigenvalue weighted by molar-refractivity contribution is -0.136. The van der Waals surface area contributed by atoms with Crippen LogP contribution in [-0.4, -0.2) is 35.1 Å². The summed E-state index contributed by atoms with van der Waals surface area (Å²) < 4.78 is 0. The van der Waals surface area contributed by atoms with E-state index >= 15 is 0 Å². The standard InChI is InChI=1S/C13H13NO4S/c1-8(15)9-2-3-10-11(6-9)19-7-12(16)14(10)5-4-13(17)18/h2-3,6H,4-5,7H2,1H3,(H,17,18). The number of nitrogens with zero attached hydrogens (tertiary/aromatic N) is 1. The molecule has 1 heterocycles. The highest BCUT2D eigenvalue weighted by molar-refractivity contribution is 8.00. The van der Waals surface area contributed by atoms with Crippen LogP contribution >= 0.6 is 11.8 Å². The van der Waals surface area contributed by atoms with Gasteiger partial charge in [0.15, 0.2) is 5.78 Å². The molecule has 0 unspecified atom stereocenters. The second-order valence-electron chi connectivity index (χ2n) is 4.22. The average molecular weight is 279 g/mol. The molecule has 0 spiro atoms. The molecule has 0 radical (unpaired) electrons. The Morgan fingerprint density at radius 3 is 2.79 bits per heavy atom. The highest BCUT2D eigenvalue weighted by atomic mass is 32.2. The summed E-state index contributed by atoms with van der Waals surface area (Å²) in [6.07, 6.45) is -0.0929. The van der Waals surface area contributed by atoms with Crippen molar-refractivity contribution < 1.29 is 19.5 Å². The zero-order chi connectivity index (χ0) is 14.0. The van der Waals surface area contributed by atoms with Crippen LogP contribution in [0.1, 0.15) is 23.7 Å². The summed E-state index contributed by atoms with van der Waals surface area (Å²) in [5.41, 5.74) is 1.28. The maximum absolute atomic E-state index is 11.8. The molecule has 0 fully saturated rings. The topological polar surface area (TPSA) is 74.7 Å². The van der Waals surface area contributed by atoms with Crippen LogP contribution < -0.4 is 4.90 Å². The maximum atomic E-state index is 11.8. The van der Waals surface area contributed by atoms with Crippen molar-refractivity contribution >= 4 is 35.1 Å². The Hall–Kier alpha value is -1.82. The third-order valence-electron chi connectivity index (χ3n) is 2.86. The molecular formula is C13H13NO4S. The van der Waals surface area contributed by atoms with Crippen molar-refractivity contribution in [3.63, 3.8) is 0 Å². The van der Waals surface area contributed by atoms with Crippen LogP contribution in [0, 0.1) is 0 Å². The van der Waals surface area contributed by atoms with Gasteiger partial charge in [-0.2, -0.15) is 0 Å². The summed E-state index contributed by atoms with van der Waals surface area (Å²) in [5, 5.41) is 8.71. The lowest BCUT2D eigenvalue weighted by Crippen LogP contribution is -2.37. The fraction of sp³-hybridized carbons (Fsp3) is 0.308. The predicted octanol–water partition coefficient (Wildman–Crippen LogP) is 1.80. The van der Waals surface area contributed by atoms with Crippen LogP contribution in [0.2, 0.25) is 0 Å². The number of thioether (sulfide) groups is 1. The third-order valence-corrected chi connectivity index (χ3v) is 3.89. The van der Waals surface area contributed by atoms with E-state index in [-0.39, 0.29) is 30.4 Å². The third kappa shape index (κ3) is 2.96. The Morgan fingerprint density at radius 2 is 2.16 bits per heavy atom. The Kier molecular flexibility index (Phi) is 3.90. The van der Waals surface area contributed by atoms with Gasteiger partial charge in [-0.3, -0.25) is 14.4 Å². The number of hydrogen-bond donors (Lipinski definition) is 1. The normalized spacial score (nSPS) is 14.2. The Balaban J connectivity index is 2.31. The molecule has 19 heavy (non-hydrogen) atoms. The zero-order valence-corrected chi connectivity index (χ0v) is 11.2. The monoisotopic (exact) mass is 279 g/mol. The molecule has 1 aliphatic rings. The van der Waals surface area contributed by atoms with Gasteiger partial charge in [0.1, 0.15) is 0 Å². The van der Waals surface area contributed by atoms with E-state index in [4.69, 9.17) is 5.11 Å². The van der Waals surface area contributed by atoms with E-state index < -0.39 is 5.97 Å². The number of rotatable bonds is 4. The van der Waals surface area contributed by atoms with Crippen LogP contribution in [0.25, 0.3) is 0 Å². The van der Waals surface area contributed by atoms with Gasteiger partial charge in [-0.1, -0.05) is 0 Å². The quantitative estimate of drug-likeness (QED) is 0.851. The SMILES string of the molecule is CC(=O)c1ccc2c(c1)SCC(=O)N2CCC(=O)O. The minimum absolute atomic E-state index is 0.0302. The van der Waals surface area contributed by atoms with E-state index in [1.54, 1.807) is 18.2 Å². The number of Topliss-reactive ketones (excluding diaryl/α,β-unsaturated/α-hetero) is 1. The van der Waals surface area contributed by atoms with E-state index in [1.165, 1.54) is 23.6 Å². The van der Waals surface area contributed by atoms with Gasteiger partial charge in [-0.25, -0.2) is 0 Å². The van der Waals surface area contributed by atoms with Gasteiger partial charge in [-0.05, 0) is 25.1 Å². The fourth-order valence-corrected chi connectivity index (χ4v) is 2.85. The minimum Gasteiger partial charge on any atom is -0.481 e. The summed E-state index contributed by atoms with van der Waals surface area (Å²) in [4.78, 5) is 36.1. The van der Waals surface area contributed by atoms with E-state index in [2.05, 4.69) is 0 Å². The summed E-state index contributed by atoms with van der Waals surface area (Å²) in [7, 11) is 0. The summed E-state index contributed by atoms with van der Waals surface area (Å²) >= 11 is 1.38. The Labute approximate surface area is 114 Å². The lowest BCUT2D eigenvalue weighted by atomic mass is 10.1. The van der Waals surface area contributed by atoms with Crippen LogP contribution in [0.15, 0.2) is 23.1 Å². The van der Waals surface area contributed by atoms with Gasteiger partial charge < -0.3 is 10.0 Å². The lowest BCUT2D eigenvalue weighted by Gasteiger charge is -2.28.